The molecule has 12 heavy (non-hydrogen) atoms. The predicted octanol–water partition coefficient (Wildman–Crippen LogP) is 3.56. The third-order valence-corrected chi connectivity index (χ3v) is 3.65. The molecule has 3 atom stereocenters. The number of halogens is 1. The summed E-state index contributed by atoms with van der Waals surface area (Å²) in [6.07, 6.45) is 1.08. The summed E-state index contributed by atoms with van der Waals surface area (Å²) in [6.45, 7) is 9.39. The molecular formula is C10H15FS. The van der Waals surface area contributed by atoms with Gasteiger partial charge in [-0.25, -0.2) is 4.39 Å². The summed E-state index contributed by atoms with van der Waals surface area (Å²) in [6, 6.07) is 0. The normalized spacial score (nSPS) is 27.8. The summed E-state index contributed by atoms with van der Waals surface area (Å²) < 4.78 is 13.0. The second-order valence-electron chi connectivity index (χ2n) is 3.25. The highest BCUT2D eigenvalue weighted by molar-refractivity contribution is 8.05. The van der Waals surface area contributed by atoms with E-state index in [1.807, 2.05) is 13.0 Å². The molecule has 1 aliphatic rings. The molecule has 0 radical (unpaired) electrons. The number of alkyl halides is 1. The average molecular weight is 186 g/mol. The molecule has 1 aliphatic heterocycles. The van der Waals surface area contributed by atoms with Gasteiger partial charge in [0.05, 0.1) is 0 Å². The largest absolute Gasteiger partial charge is 0.247 e. The van der Waals surface area contributed by atoms with Crippen LogP contribution in [0.4, 0.5) is 4.39 Å². The molecule has 1 rings (SSSR count). The van der Waals surface area contributed by atoms with Crippen LogP contribution in [0.15, 0.2) is 23.1 Å². The van der Waals surface area contributed by atoms with E-state index in [-0.39, 0.29) is 5.92 Å². The lowest BCUT2D eigenvalue weighted by molar-refractivity contribution is 0.288. The maximum absolute atomic E-state index is 13.0. The van der Waals surface area contributed by atoms with Crippen LogP contribution in [0.5, 0.6) is 0 Å². The first-order chi connectivity index (χ1) is 5.57. The zero-order valence-corrected chi connectivity index (χ0v) is 8.62. The lowest BCUT2D eigenvalue weighted by Crippen LogP contribution is -2.24. The van der Waals surface area contributed by atoms with Crippen molar-refractivity contribution in [2.24, 2.45) is 5.92 Å². The molecule has 0 saturated heterocycles. The molecule has 0 saturated carbocycles. The number of rotatable bonds is 3. The summed E-state index contributed by atoms with van der Waals surface area (Å²) in [5.41, 5.74) is 1.24. The van der Waals surface area contributed by atoms with Crippen LogP contribution in [-0.4, -0.2) is 11.4 Å². The van der Waals surface area contributed by atoms with Crippen molar-refractivity contribution in [2.45, 2.75) is 32.2 Å². The number of thioether (sulfide) groups is 1. The SMILES string of the molecule is C=CC1=C([C@@H](C)[C@H](C)F)C(C)S1. The zero-order chi connectivity index (χ0) is 9.30. The first-order valence-electron chi connectivity index (χ1n) is 4.25. The van der Waals surface area contributed by atoms with Crippen LogP contribution in [0.2, 0.25) is 0 Å². The van der Waals surface area contributed by atoms with Gasteiger partial charge in [0.15, 0.2) is 0 Å². The maximum atomic E-state index is 13.0. The van der Waals surface area contributed by atoms with Gasteiger partial charge in [0.1, 0.15) is 6.17 Å². The highest BCUT2D eigenvalue weighted by Gasteiger charge is 2.31. The summed E-state index contributed by atoms with van der Waals surface area (Å²) >= 11 is 1.78. The molecule has 1 unspecified atom stereocenters. The number of hydrogen-bond donors (Lipinski definition) is 0. The van der Waals surface area contributed by atoms with E-state index in [9.17, 15) is 4.39 Å². The topological polar surface area (TPSA) is 0 Å². The molecule has 68 valence electrons. The van der Waals surface area contributed by atoms with Crippen molar-refractivity contribution in [2.75, 3.05) is 0 Å². The van der Waals surface area contributed by atoms with E-state index in [0.717, 1.165) is 0 Å². The molecule has 0 aromatic carbocycles. The molecule has 0 amide bonds. The van der Waals surface area contributed by atoms with Gasteiger partial charge in [0, 0.05) is 16.1 Å². The van der Waals surface area contributed by atoms with Crippen molar-refractivity contribution in [1.82, 2.24) is 0 Å². The Balaban J connectivity index is 2.79. The van der Waals surface area contributed by atoms with Crippen LogP contribution in [-0.2, 0) is 0 Å². The van der Waals surface area contributed by atoms with Crippen LogP contribution < -0.4 is 0 Å². The lowest BCUT2D eigenvalue weighted by Gasteiger charge is -2.33. The zero-order valence-electron chi connectivity index (χ0n) is 7.80. The van der Waals surface area contributed by atoms with Gasteiger partial charge in [-0.3, -0.25) is 0 Å². The summed E-state index contributed by atoms with van der Waals surface area (Å²) in [7, 11) is 0. The molecular weight excluding hydrogens is 171 g/mol. The summed E-state index contributed by atoms with van der Waals surface area (Å²) in [5.74, 6) is 0.0502. The fourth-order valence-electron chi connectivity index (χ4n) is 1.47. The van der Waals surface area contributed by atoms with E-state index < -0.39 is 6.17 Å². The maximum Gasteiger partial charge on any atom is 0.104 e. The minimum absolute atomic E-state index is 0.0502. The Bertz CT molecular complexity index is 218. The van der Waals surface area contributed by atoms with Gasteiger partial charge in [-0.1, -0.05) is 19.6 Å². The van der Waals surface area contributed by atoms with E-state index in [4.69, 9.17) is 0 Å². The minimum atomic E-state index is -0.752. The fraction of sp³-hybridized carbons (Fsp3) is 0.600. The molecule has 0 fully saturated rings. The van der Waals surface area contributed by atoms with E-state index in [2.05, 4.69) is 13.5 Å². The molecule has 0 aromatic rings. The monoisotopic (exact) mass is 186 g/mol. The molecule has 0 N–H and O–H groups in total. The molecule has 0 spiro atoms. The van der Waals surface area contributed by atoms with Gasteiger partial charge in [-0.2, -0.15) is 0 Å². The Labute approximate surface area is 77.9 Å². The number of allylic oxidation sites excluding steroid dienone is 1. The van der Waals surface area contributed by atoms with Gasteiger partial charge in [-0.15, -0.1) is 11.8 Å². The molecule has 0 aliphatic carbocycles. The quantitative estimate of drug-likeness (QED) is 0.649. The Kier molecular flexibility index (Phi) is 2.99. The highest BCUT2D eigenvalue weighted by atomic mass is 32.2. The van der Waals surface area contributed by atoms with Gasteiger partial charge < -0.3 is 0 Å². The van der Waals surface area contributed by atoms with Gasteiger partial charge in [-0.05, 0) is 19.4 Å². The fourth-order valence-corrected chi connectivity index (χ4v) is 2.73. The highest BCUT2D eigenvalue weighted by Crippen LogP contribution is 2.46. The van der Waals surface area contributed by atoms with Crippen molar-refractivity contribution >= 4 is 11.8 Å². The van der Waals surface area contributed by atoms with Crippen molar-refractivity contribution in [1.29, 1.82) is 0 Å². The average Bonchev–Trinajstić information content (AvgIpc) is 1.99. The summed E-state index contributed by atoms with van der Waals surface area (Å²) in [4.78, 5) is 1.18. The van der Waals surface area contributed by atoms with Gasteiger partial charge in [0.25, 0.3) is 0 Å². The third kappa shape index (κ3) is 1.58. The smallest absolute Gasteiger partial charge is 0.104 e. The van der Waals surface area contributed by atoms with Crippen molar-refractivity contribution < 1.29 is 4.39 Å². The second kappa shape index (κ2) is 3.65. The van der Waals surface area contributed by atoms with Crippen LogP contribution in [0.25, 0.3) is 0 Å². The predicted molar refractivity (Wildman–Crippen MR) is 54.0 cm³/mol. The van der Waals surface area contributed by atoms with Crippen molar-refractivity contribution in [3.63, 3.8) is 0 Å². The first kappa shape index (κ1) is 9.85. The molecule has 0 nitrogen and oxygen atoms in total. The minimum Gasteiger partial charge on any atom is -0.247 e. The van der Waals surface area contributed by atoms with E-state index in [1.165, 1.54) is 10.5 Å². The van der Waals surface area contributed by atoms with Gasteiger partial charge >= 0.3 is 0 Å². The van der Waals surface area contributed by atoms with Gasteiger partial charge in [0.2, 0.25) is 0 Å². The van der Waals surface area contributed by atoms with Crippen molar-refractivity contribution in [3.05, 3.63) is 23.1 Å². The Morgan fingerprint density at radius 1 is 1.58 bits per heavy atom. The van der Waals surface area contributed by atoms with Crippen LogP contribution in [0.1, 0.15) is 20.8 Å². The standard InChI is InChI=1S/C10H15FS/c1-5-9-10(8(4)12-9)6(2)7(3)11/h5-8H,1H2,2-4H3/t6-,7-,8?/m0/s1. The van der Waals surface area contributed by atoms with Crippen molar-refractivity contribution in [3.8, 4) is 0 Å². The van der Waals surface area contributed by atoms with Crippen LogP contribution in [0, 0.1) is 5.92 Å². The Hall–Kier alpha value is -0.240. The first-order valence-corrected chi connectivity index (χ1v) is 5.13. The Morgan fingerprint density at radius 3 is 2.50 bits per heavy atom. The lowest BCUT2D eigenvalue weighted by atomic mass is 9.93. The molecule has 0 aromatic heterocycles. The van der Waals surface area contributed by atoms with Crippen LogP contribution in [0.3, 0.4) is 0 Å². The number of hydrogen-bond acceptors (Lipinski definition) is 1. The van der Waals surface area contributed by atoms with E-state index in [0.29, 0.717) is 5.25 Å². The summed E-state index contributed by atoms with van der Waals surface area (Å²) in [5, 5.41) is 0.478. The molecule has 2 heteroatoms. The van der Waals surface area contributed by atoms with E-state index >= 15 is 0 Å². The third-order valence-electron chi connectivity index (χ3n) is 2.39. The molecule has 1 heterocycles. The second-order valence-corrected chi connectivity index (χ2v) is 4.63. The van der Waals surface area contributed by atoms with Crippen LogP contribution >= 0.6 is 11.8 Å². The Morgan fingerprint density at radius 2 is 2.17 bits per heavy atom. The van der Waals surface area contributed by atoms with E-state index in [1.54, 1.807) is 18.7 Å². The molecule has 0 bridgehead atoms.